The number of phenols is 2. The monoisotopic (exact) mass is 410 g/mol. The molecular weight excluding hydrogens is 384 g/mol. The van der Waals surface area contributed by atoms with Gasteiger partial charge in [0.25, 0.3) is 0 Å². The second kappa shape index (κ2) is 11.4. The van der Waals surface area contributed by atoms with Gasteiger partial charge in [0.1, 0.15) is 11.5 Å². The predicted octanol–water partition coefficient (Wildman–Crippen LogP) is 3.04. The fourth-order valence-electron chi connectivity index (χ4n) is 2.69. The smallest absolute Gasteiger partial charge is 0.240 e. The minimum atomic E-state index is -0.424. The van der Waals surface area contributed by atoms with Crippen LogP contribution in [-0.4, -0.2) is 33.5 Å². The van der Waals surface area contributed by atoms with Gasteiger partial charge in [-0.1, -0.05) is 38.1 Å². The van der Waals surface area contributed by atoms with Crippen LogP contribution in [0.4, 0.5) is 0 Å². The molecule has 0 fully saturated rings. The van der Waals surface area contributed by atoms with Crippen molar-refractivity contribution in [3.63, 3.8) is 0 Å². The standard InChI is InChI=1S/C22H26N4O4/c1-3-17(15-9-5-7-11-19(15)27)23-25-21(29)13-14-22(30)26-24-18(4-2)16-10-6-8-12-20(16)28/h5-12,27-28H,3-4,13-14H2,1-2H3,(H,25,29)(H,26,30)/b23-17+,24-18+. The van der Waals surface area contributed by atoms with E-state index in [0.717, 1.165) is 0 Å². The van der Waals surface area contributed by atoms with E-state index < -0.39 is 11.8 Å². The molecule has 4 N–H and O–H groups in total. The van der Waals surface area contributed by atoms with Crippen LogP contribution in [0.25, 0.3) is 0 Å². The second-order valence-electron chi connectivity index (χ2n) is 6.43. The van der Waals surface area contributed by atoms with Gasteiger partial charge < -0.3 is 10.2 Å². The molecule has 0 bridgehead atoms. The summed E-state index contributed by atoms with van der Waals surface area (Å²) in [4.78, 5) is 24.0. The minimum Gasteiger partial charge on any atom is -0.507 e. The highest BCUT2D eigenvalue weighted by Gasteiger charge is 2.11. The van der Waals surface area contributed by atoms with Gasteiger partial charge in [0.05, 0.1) is 11.4 Å². The first-order valence-electron chi connectivity index (χ1n) is 9.73. The molecule has 0 saturated heterocycles. The molecule has 0 aliphatic rings. The van der Waals surface area contributed by atoms with E-state index in [1.54, 1.807) is 48.5 Å². The van der Waals surface area contributed by atoms with E-state index in [9.17, 15) is 19.8 Å². The van der Waals surface area contributed by atoms with Gasteiger partial charge in [-0.3, -0.25) is 9.59 Å². The lowest BCUT2D eigenvalue weighted by molar-refractivity contribution is -0.126. The third kappa shape index (κ3) is 6.44. The topological polar surface area (TPSA) is 123 Å². The first-order valence-corrected chi connectivity index (χ1v) is 9.73. The number of amides is 2. The average Bonchev–Trinajstić information content (AvgIpc) is 2.75. The van der Waals surface area contributed by atoms with Crippen molar-refractivity contribution in [3.05, 3.63) is 59.7 Å². The number of carbonyl (C=O) groups excluding carboxylic acids is 2. The first kappa shape index (κ1) is 22.6. The number of para-hydroxylation sites is 2. The highest BCUT2D eigenvalue weighted by Crippen LogP contribution is 2.18. The van der Waals surface area contributed by atoms with Crippen molar-refractivity contribution in [2.75, 3.05) is 0 Å². The number of aromatic hydroxyl groups is 2. The average molecular weight is 410 g/mol. The van der Waals surface area contributed by atoms with Crippen LogP contribution >= 0.6 is 0 Å². The number of hydrogen-bond acceptors (Lipinski definition) is 6. The normalized spacial score (nSPS) is 11.8. The third-order valence-electron chi connectivity index (χ3n) is 4.31. The maximum absolute atomic E-state index is 12.0. The van der Waals surface area contributed by atoms with Gasteiger partial charge in [0, 0.05) is 24.0 Å². The van der Waals surface area contributed by atoms with Crippen molar-refractivity contribution < 1.29 is 19.8 Å². The van der Waals surface area contributed by atoms with Gasteiger partial charge in [-0.25, -0.2) is 10.9 Å². The Labute approximate surface area is 175 Å². The van der Waals surface area contributed by atoms with Crippen LogP contribution < -0.4 is 10.9 Å². The third-order valence-corrected chi connectivity index (χ3v) is 4.31. The van der Waals surface area contributed by atoms with Gasteiger partial charge in [-0.2, -0.15) is 10.2 Å². The second-order valence-corrected chi connectivity index (χ2v) is 6.43. The zero-order chi connectivity index (χ0) is 21.9. The Morgan fingerprint density at radius 3 is 1.43 bits per heavy atom. The molecule has 2 rings (SSSR count). The molecule has 8 heteroatoms. The summed E-state index contributed by atoms with van der Waals surface area (Å²) in [5.74, 6) is -0.680. The van der Waals surface area contributed by atoms with Crippen LogP contribution in [0.2, 0.25) is 0 Å². The Kier molecular flexibility index (Phi) is 8.56. The van der Waals surface area contributed by atoms with Gasteiger partial charge in [0.2, 0.25) is 11.8 Å². The largest absolute Gasteiger partial charge is 0.507 e. The van der Waals surface area contributed by atoms with E-state index in [1.165, 1.54) is 0 Å². The Balaban J connectivity index is 1.89. The number of rotatable bonds is 9. The molecule has 0 aliphatic heterocycles. The van der Waals surface area contributed by atoms with E-state index in [4.69, 9.17) is 0 Å². The summed E-state index contributed by atoms with van der Waals surface area (Å²) < 4.78 is 0. The van der Waals surface area contributed by atoms with Crippen molar-refractivity contribution in [1.82, 2.24) is 10.9 Å². The number of phenolic OH excluding ortho intramolecular Hbond substituents is 2. The van der Waals surface area contributed by atoms with Gasteiger partial charge >= 0.3 is 0 Å². The molecule has 0 heterocycles. The zero-order valence-electron chi connectivity index (χ0n) is 17.1. The van der Waals surface area contributed by atoms with E-state index in [-0.39, 0.29) is 24.3 Å². The number of nitrogens with one attached hydrogen (secondary N) is 2. The summed E-state index contributed by atoms with van der Waals surface area (Å²) in [5, 5.41) is 27.9. The molecule has 30 heavy (non-hydrogen) atoms. The van der Waals surface area contributed by atoms with Crippen molar-refractivity contribution in [1.29, 1.82) is 0 Å². The molecule has 2 amide bonds. The van der Waals surface area contributed by atoms with Crippen molar-refractivity contribution in [2.24, 2.45) is 10.2 Å². The molecule has 0 radical (unpaired) electrons. The highest BCUT2D eigenvalue weighted by atomic mass is 16.3. The van der Waals surface area contributed by atoms with Crippen molar-refractivity contribution >= 4 is 23.2 Å². The summed E-state index contributed by atoms with van der Waals surface area (Å²) >= 11 is 0. The number of hydrazone groups is 2. The van der Waals surface area contributed by atoms with Crippen LogP contribution in [0, 0.1) is 0 Å². The minimum absolute atomic E-state index is 0.0688. The van der Waals surface area contributed by atoms with E-state index >= 15 is 0 Å². The van der Waals surface area contributed by atoms with Crippen LogP contribution in [0.1, 0.15) is 50.7 Å². The molecule has 8 nitrogen and oxygen atoms in total. The highest BCUT2D eigenvalue weighted by molar-refractivity contribution is 6.03. The molecule has 0 atom stereocenters. The van der Waals surface area contributed by atoms with E-state index in [0.29, 0.717) is 35.4 Å². The summed E-state index contributed by atoms with van der Waals surface area (Å²) in [6.07, 6.45) is 0.889. The molecule has 0 spiro atoms. The van der Waals surface area contributed by atoms with E-state index in [2.05, 4.69) is 21.1 Å². The molecular formula is C22H26N4O4. The molecule has 0 unspecified atom stereocenters. The Bertz CT molecular complexity index is 876. The Morgan fingerprint density at radius 2 is 1.10 bits per heavy atom. The maximum atomic E-state index is 12.0. The number of carbonyl (C=O) groups is 2. The molecule has 0 aromatic heterocycles. The van der Waals surface area contributed by atoms with Crippen LogP contribution in [0.15, 0.2) is 58.7 Å². The van der Waals surface area contributed by atoms with Gasteiger partial charge in [0.15, 0.2) is 0 Å². The molecule has 0 saturated carbocycles. The summed E-state index contributed by atoms with van der Waals surface area (Å²) in [5.41, 5.74) is 6.98. The van der Waals surface area contributed by atoms with E-state index in [1.807, 2.05) is 13.8 Å². The zero-order valence-corrected chi connectivity index (χ0v) is 17.1. The summed E-state index contributed by atoms with van der Waals surface area (Å²) in [6.45, 7) is 3.72. The molecule has 2 aromatic rings. The lowest BCUT2D eigenvalue weighted by atomic mass is 10.1. The Hall–Kier alpha value is -3.68. The number of benzene rings is 2. The fourth-order valence-corrected chi connectivity index (χ4v) is 2.69. The van der Waals surface area contributed by atoms with Gasteiger partial charge in [-0.05, 0) is 37.1 Å². The van der Waals surface area contributed by atoms with Crippen LogP contribution in [-0.2, 0) is 9.59 Å². The lowest BCUT2D eigenvalue weighted by Gasteiger charge is -2.08. The quantitative estimate of drug-likeness (QED) is 0.375. The SMILES string of the molecule is CC/C(=N\NC(=O)CCC(=O)N/N=C(\CC)c1ccccc1O)c1ccccc1O. The number of hydrogen-bond donors (Lipinski definition) is 4. The molecule has 158 valence electrons. The van der Waals surface area contributed by atoms with Crippen LogP contribution in [0.3, 0.4) is 0 Å². The Morgan fingerprint density at radius 1 is 0.733 bits per heavy atom. The van der Waals surface area contributed by atoms with Crippen molar-refractivity contribution in [3.8, 4) is 11.5 Å². The predicted molar refractivity (Wildman–Crippen MR) is 115 cm³/mol. The summed E-state index contributed by atoms with van der Waals surface area (Å²) in [6, 6.07) is 13.5. The lowest BCUT2D eigenvalue weighted by Crippen LogP contribution is -2.24. The van der Waals surface area contributed by atoms with Crippen molar-refractivity contribution in [2.45, 2.75) is 39.5 Å². The molecule has 2 aromatic carbocycles. The maximum Gasteiger partial charge on any atom is 0.240 e. The van der Waals surface area contributed by atoms with Crippen LogP contribution in [0.5, 0.6) is 11.5 Å². The first-order chi connectivity index (χ1) is 14.5. The fraction of sp³-hybridized carbons (Fsp3) is 0.273. The summed E-state index contributed by atoms with van der Waals surface area (Å²) in [7, 11) is 0. The number of nitrogens with zero attached hydrogens (tertiary/aromatic N) is 2. The molecule has 0 aliphatic carbocycles. The van der Waals surface area contributed by atoms with Gasteiger partial charge in [-0.15, -0.1) is 0 Å².